The van der Waals surface area contributed by atoms with E-state index in [0.717, 1.165) is 54.7 Å². The molecule has 4 heterocycles. The Balaban J connectivity index is 1.23. The monoisotopic (exact) mass is 484 g/mol. The average Bonchev–Trinajstić information content (AvgIpc) is 3.37. The number of alkyl halides is 3. The summed E-state index contributed by atoms with van der Waals surface area (Å²) in [7, 11) is 0. The number of aromatic nitrogens is 3. The fourth-order valence-corrected chi connectivity index (χ4v) is 5.57. The Kier molecular flexibility index (Phi) is 5.91. The van der Waals surface area contributed by atoms with Gasteiger partial charge in [0.25, 0.3) is 0 Å². The molecule has 3 aromatic heterocycles. The van der Waals surface area contributed by atoms with Crippen LogP contribution in [-0.2, 0) is 13.0 Å². The van der Waals surface area contributed by atoms with Crippen molar-refractivity contribution < 1.29 is 13.2 Å². The summed E-state index contributed by atoms with van der Waals surface area (Å²) in [6.45, 7) is 4.74. The Morgan fingerprint density at radius 1 is 1.21 bits per heavy atom. The van der Waals surface area contributed by atoms with E-state index in [9.17, 15) is 13.2 Å². The normalized spacial score (nSPS) is 15.7. The first-order valence-corrected chi connectivity index (χ1v) is 11.9. The van der Waals surface area contributed by atoms with E-state index in [1.54, 1.807) is 6.07 Å². The Labute approximate surface area is 198 Å². The maximum absolute atomic E-state index is 12.8. The van der Waals surface area contributed by atoms with Crippen molar-refractivity contribution in [2.24, 2.45) is 0 Å². The van der Waals surface area contributed by atoms with Gasteiger partial charge in [0.05, 0.1) is 11.8 Å². The molecule has 0 amide bonds. The highest BCUT2D eigenvalue weighted by Gasteiger charge is 2.29. The van der Waals surface area contributed by atoms with E-state index in [1.807, 2.05) is 6.07 Å². The van der Waals surface area contributed by atoms with Crippen molar-refractivity contribution in [3.8, 4) is 6.07 Å². The average molecular weight is 485 g/mol. The number of nitrogens with one attached hydrogen (secondary N) is 2. The molecule has 1 aliphatic rings. The topological polar surface area (TPSA) is 80.6 Å². The van der Waals surface area contributed by atoms with Crippen molar-refractivity contribution in [3.63, 3.8) is 0 Å². The first kappa shape index (κ1) is 22.6. The molecule has 0 spiro atoms. The van der Waals surface area contributed by atoms with Gasteiger partial charge in [-0.25, -0.2) is 9.97 Å². The summed E-state index contributed by atoms with van der Waals surface area (Å²) in [4.78, 5) is 14.8. The van der Waals surface area contributed by atoms with Crippen molar-refractivity contribution >= 4 is 38.3 Å². The summed E-state index contributed by atoms with van der Waals surface area (Å²) in [5.41, 5.74) is 3.97. The van der Waals surface area contributed by atoms with E-state index >= 15 is 0 Å². The first-order chi connectivity index (χ1) is 16.3. The van der Waals surface area contributed by atoms with Gasteiger partial charge in [0.1, 0.15) is 28.7 Å². The fourth-order valence-electron chi connectivity index (χ4n) is 4.54. The first-order valence-electron chi connectivity index (χ1n) is 11.1. The second-order valence-corrected chi connectivity index (χ2v) is 9.92. The molecule has 34 heavy (non-hydrogen) atoms. The zero-order valence-corrected chi connectivity index (χ0v) is 19.4. The van der Waals surface area contributed by atoms with Gasteiger partial charge in [-0.05, 0) is 55.2 Å². The lowest BCUT2D eigenvalue weighted by Gasteiger charge is -2.33. The summed E-state index contributed by atoms with van der Waals surface area (Å²) in [6.07, 6.45) is -1.95. The molecule has 0 saturated carbocycles. The number of hydrogen-bond donors (Lipinski definition) is 2. The summed E-state index contributed by atoms with van der Waals surface area (Å²) >= 11 is 1.07. The third-order valence-electron chi connectivity index (χ3n) is 6.28. The van der Waals surface area contributed by atoms with Crippen LogP contribution in [0, 0.1) is 18.3 Å². The van der Waals surface area contributed by atoms with Crippen LogP contribution in [0.15, 0.2) is 30.6 Å². The highest BCUT2D eigenvalue weighted by atomic mass is 32.1. The number of benzene rings is 1. The van der Waals surface area contributed by atoms with E-state index < -0.39 is 12.6 Å². The molecule has 1 fully saturated rings. The van der Waals surface area contributed by atoms with Crippen molar-refractivity contribution in [1.82, 2.24) is 19.9 Å². The number of fused-ring (bicyclic) bond motifs is 2. The number of nitrogens with zero attached hydrogens (tertiary/aromatic N) is 4. The minimum atomic E-state index is -4.24. The van der Waals surface area contributed by atoms with Gasteiger partial charge in [-0.3, -0.25) is 4.90 Å². The second kappa shape index (κ2) is 8.89. The zero-order valence-electron chi connectivity index (χ0n) is 18.5. The number of halogens is 3. The molecular weight excluding hydrogens is 461 g/mol. The smallest absolute Gasteiger partial charge is 0.367 e. The second-order valence-electron chi connectivity index (χ2n) is 8.80. The van der Waals surface area contributed by atoms with Gasteiger partial charge in [-0.1, -0.05) is 0 Å². The molecule has 4 aromatic rings. The highest BCUT2D eigenvalue weighted by Crippen LogP contribution is 2.33. The summed E-state index contributed by atoms with van der Waals surface area (Å²) in [6, 6.07) is 10.0. The lowest BCUT2D eigenvalue weighted by Crippen LogP contribution is -2.38. The van der Waals surface area contributed by atoms with Crippen molar-refractivity contribution in [3.05, 3.63) is 52.3 Å². The van der Waals surface area contributed by atoms with E-state index in [2.05, 4.69) is 50.3 Å². The van der Waals surface area contributed by atoms with E-state index in [0.29, 0.717) is 21.7 Å². The van der Waals surface area contributed by atoms with Crippen LogP contribution in [0.25, 0.3) is 21.1 Å². The third kappa shape index (κ3) is 4.86. The van der Waals surface area contributed by atoms with Crippen LogP contribution in [-0.4, -0.2) is 45.2 Å². The molecule has 6 nitrogen and oxygen atoms in total. The SMILES string of the molecule is Cc1cc2[nH]c(C#N)cc2cc1CN1CCC(Nc2ncnc3sc(CC(F)(F)F)cc23)CC1. The number of rotatable bonds is 5. The molecular formula is C24H23F3N6S. The molecule has 0 aliphatic carbocycles. The van der Waals surface area contributed by atoms with E-state index in [-0.39, 0.29) is 10.9 Å². The Hall–Kier alpha value is -3.16. The van der Waals surface area contributed by atoms with Crippen LogP contribution in [0.4, 0.5) is 19.0 Å². The predicted molar refractivity (Wildman–Crippen MR) is 127 cm³/mol. The van der Waals surface area contributed by atoms with Crippen LogP contribution >= 0.6 is 11.3 Å². The molecule has 1 saturated heterocycles. The van der Waals surface area contributed by atoms with Crippen molar-refractivity contribution in [2.45, 2.75) is 44.9 Å². The number of anilines is 1. The van der Waals surface area contributed by atoms with Gasteiger partial charge in [0.2, 0.25) is 0 Å². The number of likely N-dealkylation sites (tertiary alicyclic amines) is 1. The summed E-state index contributed by atoms with van der Waals surface area (Å²) < 4.78 is 38.4. The maximum atomic E-state index is 12.8. The predicted octanol–water partition coefficient (Wildman–Crippen LogP) is 5.53. The Morgan fingerprint density at radius 3 is 2.74 bits per heavy atom. The molecule has 0 atom stereocenters. The molecule has 10 heteroatoms. The highest BCUT2D eigenvalue weighted by molar-refractivity contribution is 7.18. The molecule has 176 valence electrons. The van der Waals surface area contributed by atoms with Crippen LogP contribution in [0.2, 0.25) is 0 Å². The molecule has 5 rings (SSSR count). The summed E-state index contributed by atoms with van der Waals surface area (Å²) in [5.74, 6) is 0.607. The standard InChI is InChI=1S/C24H23F3N6S/c1-14-6-21-15(8-18(11-28)31-21)7-16(14)12-33-4-2-17(3-5-33)32-22-20-9-19(10-24(25,26)27)34-23(20)30-13-29-22/h6-9,13,17,31H,2-5,10,12H2,1H3,(H,29,30,32). The number of nitriles is 1. The van der Waals surface area contributed by atoms with Crippen LogP contribution < -0.4 is 5.32 Å². The number of piperidine rings is 1. The van der Waals surface area contributed by atoms with Crippen molar-refractivity contribution in [1.29, 1.82) is 5.26 Å². The molecule has 2 N–H and O–H groups in total. The van der Waals surface area contributed by atoms with Crippen LogP contribution in [0.5, 0.6) is 0 Å². The fraction of sp³-hybridized carbons (Fsp3) is 0.375. The van der Waals surface area contributed by atoms with Gasteiger partial charge in [-0.15, -0.1) is 11.3 Å². The van der Waals surface area contributed by atoms with Gasteiger partial charge in [-0.2, -0.15) is 18.4 Å². The molecule has 0 unspecified atom stereocenters. The number of aryl methyl sites for hydroxylation is 1. The molecule has 1 aromatic carbocycles. The van der Waals surface area contributed by atoms with Gasteiger partial charge < -0.3 is 10.3 Å². The third-order valence-corrected chi connectivity index (χ3v) is 7.32. The summed E-state index contributed by atoms with van der Waals surface area (Å²) in [5, 5.41) is 14.3. The molecule has 1 aliphatic heterocycles. The van der Waals surface area contributed by atoms with E-state index in [4.69, 9.17) is 5.26 Å². The zero-order chi connectivity index (χ0) is 23.9. The van der Waals surface area contributed by atoms with Gasteiger partial charge in [0.15, 0.2) is 0 Å². The minimum absolute atomic E-state index is 0.201. The van der Waals surface area contributed by atoms with E-state index in [1.165, 1.54) is 17.5 Å². The van der Waals surface area contributed by atoms with Crippen LogP contribution in [0.3, 0.4) is 0 Å². The van der Waals surface area contributed by atoms with Crippen LogP contribution in [0.1, 0.15) is 34.5 Å². The maximum Gasteiger partial charge on any atom is 0.393 e. The number of H-pyrrole nitrogens is 1. The number of thiophene rings is 1. The quantitative estimate of drug-likeness (QED) is 0.389. The number of aromatic amines is 1. The lowest BCUT2D eigenvalue weighted by molar-refractivity contribution is -0.126. The Bertz CT molecular complexity index is 1380. The molecule has 0 radical (unpaired) electrons. The largest absolute Gasteiger partial charge is 0.393 e. The lowest BCUT2D eigenvalue weighted by atomic mass is 10.0. The Morgan fingerprint density at radius 2 is 2.00 bits per heavy atom. The molecule has 0 bridgehead atoms. The van der Waals surface area contributed by atoms with Gasteiger partial charge >= 0.3 is 6.18 Å². The van der Waals surface area contributed by atoms with Gasteiger partial charge in [0, 0.05) is 41.5 Å². The number of hydrogen-bond acceptors (Lipinski definition) is 6. The minimum Gasteiger partial charge on any atom is -0.367 e. The van der Waals surface area contributed by atoms with Crippen molar-refractivity contribution in [2.75, 3.05) is 18.4 Å².